The summed E-state index contributed by atoms with van der Waals surface area (Å²) in [6.07, 6.45) is -4.21. The minimum atomic E-state index is -4.55. The molecule has 9 heteroatoms. The Balaban J connectivity index is 1.44. The van der Waals surface area contributed by atoms with Gasteiger partial charge in [-0.2, -0.15) is 26.3 Å². The quantitative estimate of drug-likeness (QED) is 0.267. The molecule has 2 atom stereocenters. The molecule has 2 bridgehead atoms. The summed E-state index contributed by atoms with van der Waals surface area (Å²) in [7, 11) is 0. The van der Waals surface area contributed by atoms with Gasteiger partial charge >= 0.3 is 12.4 Å². The van der Waals surface area contributed by atoms with E-state index in [1.54, 1.807) is 0 Å². The summed E-state index contributed by atoms with van der Waals surface area (Å²) < 4.78 is 85.6. The molecular formula is C33H35F6NO2. The van der Waals surface area contributed by atoms with Crippen LogP contribution in [0.15, 0.2) is 72.8 Å². The van der Waals surface area contributed by atoms with Crippen molar-refractivity contribution in [1.82, 2.24) is 4.90 Å². The smallest absolute Gasteiger partial charge is 0.416 e. The highest BCUT2D eigenvalue weighted by atomic mass is 19.4. The molecule has 2 aliphatic rings. The second-order valence-corrected chi connectivity index (χ2v) is 11.5. The standard InChI is InChI=1S/C33H35F6NO2/c1-2-18-42-30-16-6-22(7-17-30)21-40-28-4-3-5-29(40)20-27(19-28)31(41,23-8-12-25(13-9-23)32(34,35)36)24-10-14-26(15-11-24)33(37,38)39/h6-17,27-29,41H,2-5,18-21H2,1H3. The monoisotopic (exact) mass is 591 g/mol. The molecule has 42 heavy (non-hydrogen) atoms. The molecule has 2 unspecified atom stereocenters. The Morgan fingerprint density at radius 2 is 1.17 bits per heavy atom. The molecule has 0 aromatic heterocycles. The van der Waals surface area contributed by atoms with E-state index < -0.39 is 35.0 Å². The topological polar surface area (TPSA) is 32.7 Å². The normalized spacial score (nSPS) is 21.8. The number of rotatable bonds is 8. The number of halogens is 6. The van der Waals surface area contributed by atoms with Gasteiger partial charge in [0.05, 0.1) is 17.7 Å². The van der Waals surface area contributed by atoms with E-state index in [9.17, 15) is 31.4 Å². The zero-order valence-electron chi connectivity index (χ0n) is 23.4. The first-order valence-electron chi connectivity index (χ1n) is 14.4. The zero-order chi connectivity index (χ0) is 30.1. The highest BCUT2D eigenvalue weighted by Crippen LogP contribution is 2.49. The van der Waals surface area contributed by atoms with Gasteiger partial charge in [-0.15, -0.1) is 0 Å². The summed E-state index contributed by atoms with van der Waals surface area (Å²) in [5.74, 6) is 0.417. The van der Waals surface area contributed by atoms with Gasteiger partial charge in [-0.25, -0.2) is 0 Å². The van der Waals surface area contributed by atoms with Gasteiger partial charge in [0.1, 0.15) is 11.4 Å². The number of ether oxygens (including phenoxy) is 1. The lowest BCUT2D eigenvalue weighted by molar-refractivity contribution is -0.138. The SMILES string of the molecule is CCCOc1ccc(CN2C3CCCC2CC(C(O)(c2ccc(C(F)(F)F)cc2)c2ccc(C(F)(F)F)cc2)C3)cc1. The summed E-state index contributed by atoms with van der Waals surface area (Å²) >= 11 is 0. The molecule has 1 N–H and O–H groups in total. The second-order valence-electron chi connectivity index (χ2n) is 11.5. The Morgan fingerprint density at radius 3 is 1.60 bits per heavy atom. The van der Waals surface area contributed by atoms with Crippen LogP contribution in [0.25, 0.3) is 0 Å². The maximum absolute atomic E-state index is 13.3. The van der Waals surface area contributed by atoms with Gasteiger partial charge in [0.15, 0.2) is 0 Å². The Bertz CT molecular complexity index is 1250. The van der Waals surface area contributed by atoms with Crippen molar-refractivity contribution in [3.05, 3.63) is 101 Å². The maximum Gasteiger partial charge on any atom is 0.416 e. The molecule has 0 saturated carbocycles. The molecule has 3 aromatic carbocycles. The Morgan fingerprint density at radius 1 is 0.714 bits per heavy atom. The predicted octanol–water partition coefficient (Wildman–Crippen LogP) is 8.58. The van der Waals surface area contributed by atoms with Crippen LogP contribution in [-0.4, -0.2) is 28.7 Å². The van der Waals surface area contributed by atoms with Gasteiger partial charge in [-0.1, -0.05) is 49.7 Å². The molecule has 0 amide bonds. The highest BCUT2D eigenvalue weighted by molar-refractivity contribution is 5.41. The fourth-order valence-electron chi connectivity index (χ4n) is 6.66. The molecule has 3 nitrogen and oxygen atoms in total. The van der Waals surface area contributed by atoms with E-state index in [2.05, 4.69) is 4.90 Å². The van der Waals surface area contributed by atoms with E-state index in [1.165, 1.54) is 24.3 Å². The van der Waals surface area contributed by atoms with Crippen LogP contribution in [0.4, 0.5) is 26.3 Å². The van der Waals surface area contributed by atoms with E-state index in [0.717, 1.165) is 67.8 Å². The number of alkyl halides is 6. The Hall–Kier alpha value is -3.04. The van der Waals surface area contributed by atoms with Crippen molar-refractivity contribution >= 4 is 0 Å². The van der Waals surface area contributed by atoms with Crippen LogP contribution < -0.4 is 4.74 Å². The third-order valence-corrected chi connectivity index (χ3v) is 8.78. The van der Waals surface area contributed by atoms with Crippen LogP contribution in [0, 0.1) is 5.92 Å². The van der Waals surface area contributed by atoms with Crippen LogP contribution in [-0.2, 0) is 24.5 Å². The summed E-state index contributed by atoms with van der Waals surface area (Å²) in [6.45, 7) is 3.42. The molecular weight excluding hydrogens is 556 g/mol. The minimum Gasteiger partial charge on any atom is -0.494 e. The number of hydrogen-bond acceptors (Lipinski definition) is 3. The fourth-order valence-corrected chi connectivity index (χ4v) is 6.66. The van der Waals surface area contributed by atoms with Gasteiger partial charge in [0.2, 0.25) is 0 Å². The van der Waals surface area contributed by atoms with Crippen molar-refractivity contribution < 1.29 is 36.2 Å². The van der Waals surface area contributed by atoms with Crippen molar-refractivity contribution in [3.8, 4) is 5.75 Å². The summed E-state index contributed by atoms with van der Waals surface area (Å²) in [5, 5.41) is 12.4. The highest BCUT2D eigenvalue weighted by Gasteiger charge is 2.48. The molecule has 0 aliphatic carbocycles. The van der Waals surface area contributed by atoms with Gasteiger partial charge in [-0.3, -0.25) is 4.90 Å². The Labute approximate surface area is 242 Å². The molecule has 0 radical (unpaired) electrons. The lowest BCUT2D eigenvalue weighted by Gasteiger charge is -2.52. The molecule has 2 aliphatic heterocycles. The van der Waals surface area contributed by atoms with Crippen molar-refractivity contribution in [2.24, 2.45) is 5.92 Å². The van der Waals surface area contributed by atoms with Crippen LogP contribution in [0.1, 0.15) is 73.3 Å². The van der Waals surface area contributed by atoms with E-state index in [1.807, 2.05) is 31.2 Å². The summed E-state index contributed by atoms with van der Waals surface area (Å²) in [4.78, 5) is 2.45. The largest absolute Gasteiger partial charge is 0.494 e. The molecule has 2 saturated heterocycles. The zero-order valence-corrected chi connectivity index (χ0v) is 23.4. The Kier molecular flexibility index (Phi) is 8.63. The fraction of sp³-hybridized carbons (Fsp3) is 0.455. The van der Waals surface area contributed by atoms with Crippen LogP contribution in [0.2, 0.25) is 0 Å². The van der Waals surface area contributed by atoms with Gasteiger partial charge in [0, 0.05) is 18.6 Å². The van der Waals surface area contributed by atoms with Gasteiger partial charge in [-0.05, 0) is 91.1 Å². The first-order valence-corrected chi connectivity index (χ1v) is 14.4. The minimum absolute atomic E-state index is 0.119. The van der Waals surface area contributed by atoms with Crippen LogP contribution in [0.3, 0.4) is 0 Å². The van der Waals surface area contributed by atoms with Crippen molar-refractivity contribution in [1.29, 1.82) is 0 Å². The average molecular weight is 592 g/mol. The number of piperidine rings is 2. The number of aliphatic hydroxyl groups is 1. The molecule has 3 aromatic rings. The van der Waals surface area contributed by atoms with E-state index in [4.69, 9.17) is 4.74 Å². The number of hydrogen-bond donors (Lipinski definition) is 1. The third-order valence-electron chi connectivity index (χ3n) is 8.78. The molecule has 226 valence electrons. The maximum atomic E-state index is 13.3. The third kappa shape index (κ3) is 6.32. The number of fused-ring (bicyclic) bond motifs is 2. The van der Waals surface area contributed by atoms with Gasteiger partial charge in [0.25, 0.3) is 0 Å². The van der Waals surface area contributed by atoms with Crippen molar-refractivity contribution in [3.63, 3.8) is 0 Å². The van der Waals surface area contributed by atoms with Gasteiger partial charge < -0.3 is 9.84 Å². The van der Waals surface area contributed by atoms with E-state index >= 15 is 0 Å². The molecule has 0 spiro atoms. The van der Waals surface area contributed by atoms with Crippen molar-refractivity contribution in [2.45, 2.75) is 82.0 Å². The average Bonchev–Trinajstić information content (AvgIpc) is 2.95. The van der Waals surface area contributed by atoms with Crippen molar-refractivity contribution in [2.75, 3.05) is 6.61 Å². The first-order chi connectivity index (χ1) is 19.9. The number of benzene rings is 3. The number of nitrogens with zero attached hydrogens (tertiary/aromatic N) is 1. The lowest BCUT2D eigenvalue weighted by atomic mass is 9.66. The predicted molar refractivity (Wildman–Crippen MR) is 148 cm³/mol. The second kappa shape index (κ2) is 11.9. The summed E-state index contributed by atoms with van der Waals surface area (Å²) in [5.41, 5.74) is -1.83. The molecule has 2 fully saturated rings. The van der Waals surface area contributed by atoms with Crippen LogP contribution in [0.5, 0.6) is 5.75 Å². The van der Waals surface area contributed by atoms with E-state index in [0.29, 0.717) is 19.4 Å². The molecule has 5 rings (SSSR count). The van der Waals surface area contributed by atoms with Crippen LogP contribution >= 0.6 is 0 Å². The summed E-state index contributed by atoms with van der Waals surface area (Å²) in [6, 6.07) is 17.0. The first kappa shape index (κ1) is 30.4. The lowest BCUT2D eigenvalue weighted by Crippen LogP contribution is -2.55. The molecule has 2 heterocycles. The van der Waals surface area contributed by atoms with E-state index in [-0.39, 0.29) is 23.2 Å².